The molecule has 0 aromatic heterocycles. The van der Waals surface area contributed by atoms with E-state index >= 15 is 0 Å². The molecule has 0 atom stereocenters. The maximum absolute atomic E-state index is 5.08. The summed E-state index contributed by atoms with van der Waals surface area (Å²) in [5, 5.41) is 0. The molecular weight excluding hydrogens is 286 g/mol. The Bertz CT molecular complexity index is 136. The second-order valence-electron chi connectivity index (χ2n) is 3.30. The lowest BCUT2D eigenvalue weighted by Crippen LogP contribution is -2.41. The van der Waals surface area contributed by atoms with Gasteiger partial charge in [0.1, 0.15) is 0 Å². The largest absolute Gasteiger partial charge is 0.499 e. The molecule has 0 rings (SSSR count). The summed E-state index contributed by atoms with van der Waals surface area (Å²) in [5.74, 6) is 0. The van der Waals surface area contributed by atoms with E-state index in [9.17, 15) is 0 Å². The number of rotatable bonds is 8. The topological polar surface area (TPSA) is 90.4 Å². The summed E-state index contributed by atoms with van der Waals surface area (Å²) in [6.45, 7) is 3.98. The van der Waals surface area contributed by atoms with E-state index in [0.29, 0.717) is 0 Å². The van der Waals surface area contributed by atoms with Gasteiger partial charge in [-0.2, -0.15) is 0 Å². The van der Waals surface area contributed by atoms with Gasteiger partial charge < -0.3 is 32.7 Å². The van der Waals surface area contributed by atoms with Gasteiger partial charge in [-0.1, -0.05) is 13.8 Å². The molecule has 0 saturated heterocycles. The van der Waals surface area contributed by atoms with Crippen molar-refractivity contribution in [3.8, 4) is 0 Å². The van der Waals surface area contributed by atoms with Crippen molar-refractivity contribution in [1.29, 1.82) is 0 Å². The highest BCUT2D eigenvalue weighted by Crippen LogP contribution is 2.10. The van der Waals surface area contributed by atoms with Gasteiger partial charge >= 0.3 is 17.6 Å². The summed E-state index contributed by atoms with van der Waals surface area (Å²) in [5.41, 5.74) is 0. The Balaban J connectivity index is -0.000000256. The van der Waals surface area contributed by atoms with Crippen LogP contribution in [-0.4, -0.2) is 60.3 Å². The van der Waals surface area contributed by atoms with Crippen molar-refractivity contribution in [1.82, 2.24) is 6.15 Å². The summed E-state index contributed by atoms with van der Waals surface area (Å²) in [7, 11) is 5.30. The summed E-state index contributed by atoms with van der Waals surface area (Å²) in [4.78, 5) is 0. The van der Waals surface area contributed by atoms with Gasteiger partial charge in [-0.05, 0) is 0 Å². The molecule has 0 aromatic rings. The van der Waals surface area contributed by atoms with Gasteiger partial charge in [0.15, 0.2) is 0 Å². The predicted octanol–water partition coefficient (Wildman–Crippen LogP) is 1.93. The van der Waals surface area contributed by atoms with Crippen LogP contribution in [-0.2, 0) is 26.6 Å². The van der Waals surface area contributed by atoms with Crippen LogP contribution in [0.3, 0.4) is 0 Å². The number of hydrogen-bond acceptors (Lipinski definition) is 7. The van der Waals surface area contributed by atoms with E-state index in [-0.39, 0.29) is 6.15 Å². The van der Waals surface area contributed by atoms with Gasteiger partial charge in [-0.25, -0.2) is 0 Å². The van der Waals surface area contributed by atoms with Gasteiger partial charge in [0.05, 0.1) is 0 Å². The normalized spacial score (nSPS) is 11.4. The molecule has 0 radical (unpaired) electrons. The third kappa shape index (κ3) is 8.12. The standard InChI is InChI=1S/2C5H14O3Si.H3N/c2*1-5-9(6-2,7-3)8-4;/h2*5H2,1-4H3;1H3. The highest BCUT2D eigenvalue weighted by atomic mass is 28.4. The van der Waals surface area contributed by atoms with Crippen LogP contribution in [0.5, 0.6) is 0 Å². The lowest BCUT2D eigenvalue weighted by molar-refractivity contribution is 0.124. The molecular formula is C10H31NO6Si2. The van der Waals surface area contributed by atoms with E-state index in [4.69, 9.17) is 26.6 Å². The maximum atomic E-state index is 5.08. The molecule has 7 nitrogen and oxygen atoms in total. The Morgan fingerprint density at radius 2 is 0.684 bits per heavy atom. The van der Waals surface area contributed by atoms with Crippen molar-refractivity contribution in [2.45, 2.75) is 25.9 Å². The lowest BCUT2D eigenvalue weighted by Gasteiger charge is -2.22. The molecule has 9 heteroatoms. The molecule has 0 aromatic carbocycles. The molecule has 0 aliphatic heterocycles. The lowest BCUT2D eigenvalue weighted by atomic mass is 11.0. The fourth-order valence-electron chi connectivity index (χ4n) is 1.37. The minimum Gasteiger partial charge on any atom is -0.377 e. The molecule has 120 valence electrons. The molecule has 0 fully saturated rings. The Morgan fingerprint density at radius 1 is 0.526 bits per heavy atom. The zero-order valence-corrected chi connectivity index (χ0v) is 15.6. The minimum atomic E-state index is -2.19. The first-order valence-corrected chi connectivity index (χ1v) is 9.66. The van der Waals surface area contributed by atoms with Crippen LogP contribution in [0, 0.1) is 0 Å². The number of hydrogen-bond donors (Lipinski definition) is 1. The van der Waals surface area contributed by atoms with Gasteiger partial charge in [0.25, 0.3) is 0 Å². The van der Waals surface area contributed by atoms with Crippen molar-refractivity contribution < 1.29 is 26.6 Å². The third-order valence-electron chi connectivity index (χ3n) is 2.73. The molecule has 0 bridgehead atoms. The zero-order chi connectivity index (χ0) is 14.7. The van der Waals surface area contributed by atoms with Crippen molar-refractivity contribution >= 4 is 17.6 Å². The van der Waals surface area contributed by atoms with Crippen LogP contribution in [0.25, 0.3) is 0 Å². The first-order valence-electron chi connectivity index (χ1n) is 5.80. The predicted molar refractivity (Wildman–Crippen MR) is 79.5 cm³/mol. The van der Waals surface area contributed by atoms with Crippen LogP contribution >= 0.6 is 0 Å². The first-order chi connectivity index (χ1) is 8.49. The van der Waals surface area contributed by atoms with Gasteiger partial charge in [-0.3, -0.25) is 0 Å². The molecule has 0 aliphatic rings. The fourth-order valence-corrected chi connectivity index (χ4v) is 4.10. The maximum Gasteiger partial charge on any atom is 0.499 e. The third-order valence-corrected chi connectivity index (χ3v) is 8.20. The smallest absolute Gasteiger partial charge is 0.377 e. The van der Waals surface area contributed by atoms with Gasteiger partial charge in [-0.15, -0.1) is 0 Å². The van der Waals surface area contributed by atoms with E-state index in [2.05, 4.69) is 0 Å². The van der Waals surface area contributed by atoms with Crippen LogP contribution in [0.15, 0.2) is 0 Å². The summed E-state index contributed by atoms with van der Waals surface area (Å²) in [6, 6.07) is 1.63. The van der Waals surface area contributed by atoms with Crippen LogP contribution in [0.2, 0.25) is 12.1 Å². The molecule has 0 amide bonds. The average molecular weight is 318 g/mol. The molecule has 0 spiro atoms. The Morgan fingerprint density at radius 3 is 0.684 bits per heavy atom. The molecule has 3 N–H and O–H groups in total. The van der Waals surface area contributed by atoms with E-state index < -0.39 is 17.6 Å². The van der Waals surface area contributed by atoms with Crippen molar-refractivity contribution in [3.05, 3.63) is 0 Å². The minimum absolute atomic E-state index is 0. The SMILES string of the molecule is CC[Si](OC)(OC)OC.CC[Si](OC)(OC)OC.N. The summed E-state index contributed by atoms with van der Waals surface area (Å²) in [6.07, 6.45) is 0. The molecule has 0 unspecified atom stereocenters. The Hall–Kier alpha value is 0.154. The van der Waals surface area contributed by atoms with E-state index in [1.165, 1.54) is 0 Å². The van der Waals surface area contributed by atoms with Crippen molar-refractivity contribution in [3.63, 3.8) is 0 Å². The van der Waals surface area contributed by atoms with Crippen molar-refractivity contribution in [2.75, 3.05) is 42.7 Å². The van der Waals surface area contributed by atoms with Gasteiger partial charge in [0, 0.05) is 54.7 Å². The molecule has 0 aliphatic carbocycles. The molecule has 0 saturated carbocycles. The van der Waals surface area contributed by atoms with Crippen LogP contribution in [0.4, 0.5) is 0 Å². The monoisotopic (exact) mass is 317 g/mol. The Labute approximate surface area is 119 Å². The second kappa shape index (κ2) is 13.2. The van der Waals surface area contributed by atoms with Crippen molar-refractivity contribution in [2.24, 2.45) is 0 Å². The highest BCUT2D eigenvalue weighted by Gasteiger charge is 2.35. The van der Waals surface area contributed by atoms with E-state index in [1.807, 2.05) is 13.8 Å². The molecule has 19 heavy (non-hydrogen) atoms. The summed E-state index contributed by atoms with van der Waals surface area (Å²) < 4.78 is 30.5. The van der Waals surface area contributed by atoms with Crippen LogP contribution in [0.1, 0.15) is 13.8 Å². The second-order valence-corrected chi connectivity index (χ2v) is 9.89. The average Bonchev–Trinajstić information content (AvgIpc) is 2.46. The highest BCUT2D eigenvalue weighted by molar-refractivity contribution is 6.60. The van der Waals surface area contributed by atoms with E-state index in [1.54, 1.807) is 42.7 Å². The zero-order valence-electron chi connectivity index (χ0n) is 13.6. The first kappa shape index (κ1) is 24.2. The Kier molecular flexibility index (Phi) is 16.7. The van der Waals surface area contributed by atoms with E-state index in [0.717, 1.165) is 12.1 Å². The fraction of sp³-hybridized carbons (Fsp3) is 1.00. The molecule has 0 heterocycles. The summed E-state index contributed by atoms with van der Waals surface area (Å²) >= 11 is 0. The van der Waals surface area contributed by atoms with Gasteiger partial charge in [0.2, 0.25) is 0 Å². The van der Waals surface area contributed by atoms with Crippen LogP contribution < -0.4 is 6.15 Å². The quantitative estimate of drug-likeness (QED) is 0.684.